The third kappa shape index (κ3) is 5.10. The molecule has 1 aliphatic heterocycles. The summed E-state index contributed by atoms with van der Waals surface area (Å²) in [5.41, 5.74) is 1.34. The Morgan fingerprint density at radius 3 is 2.56 bits per heavy atom. The minimum atomic E-state index is -0.105. The van der Waals surface area contributed by atoms with E-state index in [2.05, 4.69) is 24.1 Å². The van der Waals surface area contributed by atoms with Crippen LogP contribution in [0, 0.1) is 0 Å². The molecule has 0 spiro atoms. The Balaban J connectivity index is 1.58. The molecule has 0 saturated carbocycles. The van der Waals surface area contributed by atoms with Crippen molar-refractivity contribution in [2.75, 3.05) is 13.1 Å². The van der Waals surface area contributed by atoms with Gasteiger partial charge in [0.2, 0.25) is 0 Å². The second kappa shape index (κ2) is 9.04. The molecule has 0 unspecified atom stereocenters. The Hall–Kier alpha value is -2.34. The number of carbonyl (C=O) groups excluding carboxylic acids is 2. The molecule has 2 amide bonds. The van der Waals surface area contributed by atoms with Crippen molar-refractivity contribution in [2.24, 2.45) is 0 Å². The van der Waals surface area contributed by atoms with Crippen LogP contribution in [0.25, 0.3) is 0 Å². The number of hydrogen-bond acceptors (Lipinski definition) is 4. The van der Waals surface area contributed by atoms with Gasteiger partial charge in [-0.1, -0.05) is 26.0 Å². The van der Waals surface area contributed by atoms with Crippen LogP contribution in [0.2, 0.25) is 0 Å². The molecule has 0 atom stereocenters. The van der Waals surface area contributed by atoms with Crippen molar-refractivity contribution in [3.63, 3.8) is 0 Å². The van der Waals surface area contributed by atoms with Crippen LogP contribution in [-0.2, 0) is 0 Å². The lowest BCUT2D eigenvalue weighted by atomic mass is 10.0. The molecule has 27 heavy (non-hydrogen) atoms. The summed E-state index contributed by atoms with van der Waals surface area (Å²) < 4.78 is 0. The number of likely N-dealkylation sites (tertiary alicyclic amines) is 1. The third-order valence-electron chi connectivity index (χ3n) is 4.52. The van der Waals surface area contributed by atoms with Gasteiger partial charge < -0.3 is 10.2 Å². The third-order valence-corrected chi connectivity index (χ3v) is 5.60. The van der Waals surface area contributed by atoms with Crippen molar-refractivity contribution < 1.29 is 9.59 Å². The van der Waals surface area contributed by atoms with Gasteiger partial charge in [-0.25, -0.2) is 0 Å². The highest BCUT2D eigenvalue weighted by Crippen LogP contribution is 2.28. The smallest absolute Gasteiger partial charge is 0.254 e. The quantitative estimate of drug-likeness (QED) is 0.801. The van der Waals surface area contributed by atoms with Crippen LogP contribution < -0.4 is 5.32 Å². The molecule has 1 aliphatic rings. The van der Waals surface area contributed by atoms with E-state index in [-0.39, 0.29) is 17.9 Å². The van der Waals surface area contributed by atoms with Crippen LogP contribution in [0.1, 0.15) is 47.4 Å². The molecular weight excluding hydrogens is 358 g/mol. The van der Waals surface area contributed by atoms with Gasteiger partial charge in [-0.3, -0.25) is 14.6 Å². The summed E-state index contributed by atoms with van der Waals surface area (Å²) in [7, 11) is 0. The van der Waals surface area contributed by atoms with E-state index >= 15 is 0 Å². The van der Waals surface area contributed by atoms with E-state index in [9.17, 15) is 9.59 Å². The fraction of sp³-hybridized carbons (Fsp3) is 0.381. The summed E-state index contributed by atoms with van der Waals surface area (Å²) in [4.78, 5) is 32.1. The molecule has 1 saturated heterocycles. The minimum absolute atomic E-state index is 0.0794. The highest BCUT2D eigenvalue weighted by Gasteiger charge is 2.26. The zero-order chi connectivity index (χ0) is 19.2. The summed E-state index contributed by atoms with van der Waals surface area (Å²) in [5.74, 6) is -0.0256. The average Bonchev–Trinajstić information content (AvgIpc) is 2.69. The van der Waals surface area contributed by atoms with Gasteiger partial charge in [0, 0.05) is 41.7 Å². The molecule has 1 N–H and O–H groups in total. The fourth-order valence-corrected chi connectivity index (χ4v) is 4.11. The summed E-state index contributed by atoms with van der Waals surface area (Å²) >= 11 is 1.71. The maximum absolute atomic E-state index is 13.0. The lowest BCUT2D eigenvalue weighted by Gasteiger charge is -2.33. The van der Waals surface area contributed by atoms with Crippen LogP contribution in [0.5, 0.6) is 0 Å². The molecule has 1 aromatic heterocycles. The molecule has 142 valence electrons. The zero-order valence-electron chi connectivity index (χ0n) is 15.7. The van der Waals surface area contributed by atoms with Crippen LogP contribution in [0.4, 0.5) is 0 Å². The molecule has 5 nitrogen and oxygen atoms in total. The number of nitrogens with zero attached hydrogens (tertiary/aromatic N) is 2. The molecule has 0 radical (unpaired) electrons. The molecular formula is C21H25N3O2S. The first-order chi connectivity index (χ1) is 13.0. The monoisotopic (exact) mass is 383 g/mol. The number of amides is 2. The van der Waals surface area contributed by atoms with Gasteiger partial charge in [0.15, 0.2) is 0 Å². The SMILES string of the molecule is CC(C)Sc1ccccc1C(=O)N1CCC(NC(=O)c2cccnc2)CC1. The van der Waals surface area contributed by atoms with Gasteiger partial charge in [-0.2, -0.15) is 0 Å². The van der Waals surface area contributed by atoms with E-state index in [4.69, 9.17) is 0 Å². The Kier molecular flexibility index (Phi) is 6.50. The Morgan fingerprint density at radius 2 is 1.89 bits per heavy atom. The normalized spacial score (nSPS) is 15.0. The minimum Gasteiger partial charge on any atom is -0.349 e. The standard InChI is InChI=1S/C21H25N3O2S/c1-15(2)27-19-8-4-3-7-18(19)21(26)24-12-9-17(10-13-24)23-20(25)16-6-5-11-22-14-16/h3-8,11,14-15,17H,9-10,12-13H2,1-2H3,(H,23,25). The van der Waals surface area contributed by atoms with E-state index < -0.39 is 0 Å². The second-order valence-corrected chi connectivity index (χ2v) is 8.56. The highest BCUT2D eigenvalue weighted by molar-refractivity contribution is 8.00. The van der Waals surface area contributed by atoms with Crippen LogP contribution in [0.3, 0.4) is 0 Å². The zero-order valence-corrected chi connectivity index (χ0v) is 16.5. The van der Waals surface area contributed by atoms with Crippen molar-refractivity contribution in [1.82, 2.24) is 15.2 Å². The molecule has 2 aromatic rings. The summed E-state index contributed by atoms with van der Waals surface area (Å²) in [6, 6.07) is 11.4. The van der Waals surface area contributed by atoms with E-state index in [1.54, 1.807) is 36.3 Å². The van der Waals surface area contributed by atoms with Crippen LogP contribution >= 0.6 is 11.8 Å². The van der Waals surface area contributed by atoms with E-state index in [1.807, 2.05) is 29.2 Å². The first-order valence-electron chi connectivity index (χ1n) is 9.30. The lowest BCUT2D eigenvalue weighted by Crippen LogP contribution is -2.46. The largest absolute Gasteiger partial charge is 0.349 e. The molecule has 0 aliphatic carbocycles. The number of piperidine rings is 1. The maximum Gasteiger partial charge on any atom is 0.254 e. The van der Waals surface area contributed by atoms with Gasteiger partial charge in [-0.15, -0.1) is 11.8 Å². The van der Waals surface area contributed by atoms with Crippen LogP contribution in [-0.4, -0.2) is 46.1 Å². The van der Waals surface area contributed by atoms with Gasteiger partial charge in [0.25, 0.3) is 11.8 Å². The Bertz CT molecular complexity index is 787. The average molecular weight is 384 g/mol. The first kappa shape index (κ1) is 19.4. The topological polar surface area (TPSA) is 62.3 Å². The predicted octanol–water partition coefficient (Wildman–Crippen LogP) is 3.62. The molecule has 3 rings (SSSR count). The van der Waals surface area contributed by atoms with Crippen molar-refractivity contribution in [3.05, 3.63) is 59.9 Å². The number of carbonyl (C=O) groups is 2. The van der Waals surface area contributed by atoms with Gasteiger partial charge in [0.1, 0.15) is 0 Å². The molecule has 1 fully saturated rings. The summed E-state index contributed by atoms with van der Waals surface area (Å²) in [6.07, 6.45) is 4.74. The number of nitrogens with one attached hydrogen (secondary N) is 1. The number of benzene rings is 1. The number of thioether (sulfide) groups is 1. The van der Waals surface area contributed by atoms with Crippen LogP contribution in [0.15, 0.2) is 53.7 Å². The van der Waals surface area contributed by atoms with Crippen molar-refractivity contribution >= 4 is 23.6 Å². The second-order valence-electron chi connectivity index (χ2n) is 6.94. The van der Waals surface area contributed by atoms with Gasteiger partial charge in [-0.05, 0) is 37.1 Å². The summed E-state index contributed by atoms with van der Waals surface area (Å²) in [5, 5.41) is 3.47. The van der Waals surface area contributed by atoms with Crippen molar-refractivity contribution in [1.29, 1.82) is 0 Å². The first-order valence-corrected chi connectivity index (χ1v) is 10.2. The predicted molar refractivity (Wildman–Crippen MR) is 108 cm³/mol. The highest BCUT2D eigenvalue weighted by atomic mass is 32.2. The van der Waals surface area contributed by atoms with Gasteiger partial charge in [0.05, 0.1) is 11.1 Å². The molecule has 2 heterocycles. The number of pyridine rings is 1. The van der Waals surface area contributed by atoms with E-state index in [1.165, 1.54) is 0 Å². The Morgan fingerprint density at radius 1 is 1.15 bits per heavy atom. The lowest BCUT2D eigenvalue weighted by molar-refractivity contribution is 0.0694. The number of rotatable bonds is 5. The number of aromatic nitrogens is 1. The molecule has 1 aromatic carbocycles. The maximum atomic E-state index is 13.0. The van der Waals surface area contributed by atoms with Crippen molar-refractivity contribution in [3.8, 4) is 0 Å². The summed E-state index contributed by atoms with van der Waals surface area (Å²) in [6.45, 7) is 5.56. The van der Waals surface area contributed by atoms with E-state index in [0.29, 0.717) is 23.9 Å². The number of hydrogen-bond donors (Lipinski definition) is 1. The van der Waals surface area contributed by atoms with Crippen molar-refractivity contribution in [2.45, 2.75) is 42.9 Å². The molecule has 0 bridgehead atoms. The fourth-order valence-electron chi connectivity index (χ4n) is 3.16. The molecule has 6 heteroatoms. The van der Waals surface area contributed by atoms with E-state index in [0.717, 1.165) is 23.3 Å². The van der Waals surface area contributed by atoms with Gasteiger partial charge >= 0.3 is 0 Å². The Labute approximate surface area is 164 Å².